The molecule has 0 unspecified atom stereocenters. The Kier molecular flexibility index (Phi) is 4.45. The average Bonchev–Trinajstić information content (AvgIpc) is 3.33. The van der Waals surface area contributed by atoms with Crippen molar-refractivity contribution in [1.82, 2.24) is 18.9 Å². The summed E-state index contributed by atoms with van der Waals surface area (Å²) in [5.41, 5.74) is 5.74. The molecule has 0 saturated carbocycles. The first-order valence-electron chi connectivity index (χ1n) is 9.27. The van der Waals surface area contributed by atoms with Gasteiger partial charge in [-0.25, -0.2) is 4.98 Å². The summed E-state index contributed by atoms with van der Waals surface area (Å²) < 4.78 is 6.72. The van der Waals surface area contributed by atoms with Crippen LogP contribution >= 0.6 is 23.1 Å². The van der Waals surface area contributed by atoms with E-state index in [0.29, 0.717) is 21.8 Å². The number of halogens is 1. The van der Waals surface area contributed by atoms with Crippen LogP contribution in [0.3, 0.4) is 0 Å². The lowest BCUT2D eigenvalue weighted by molar-refractivity contribution is 0.665. The lowest BCUT2D eigenvalue weighted by Crippen LogP contribution is -2.20. The highest BCUT2D eigenvalue weighted by Gasteiger charge is 2.14. The number of rotatable bonds is 4. The van der Waals surface area contributed by atoms with Gasteiger partial charge in [0, 0.05) is 34.2 Å². The highest BCUT2D eigenvalue weighted by Crippen LogP contribution is 2.28. The number of H-pyrrole nitrogens is 1. The number of fused-ring (bicyclic) bond motifs is 2. The third kappa shape index (κ3) is 3.24. The maximum atomic E-state index is 13.0. The highest BCUT2D eigenvalue weighted by atomic mass is 35.5. The van der Waals surface area contributed by atoms with Gasteiger partial charge in [0.1, 0.15) is 15.9 Å². The lowest BCUT2D eigenvalue weighted by Gasteiger charge is -2.05. The van der Waals surface area contributed by atoms with Crippen molar-refractivity contribution in [1.29, 1.82) is 0 Å². The van der Waals surface area contributed by atoms with Gasteiger partial charge in [-0.2, -0.15) is 4.37 Å². The molecule has 144 valence electrons. The number of aromatic amines is 1. The van der Waals surface area contributed by atoms with Crippen LogP contribution in [0.15, 0.2) is 59.8 Å². The summed E-state index contributed by atoms with van der Waals surface area (Å²) in [7, 11) is 0. The number of nitrogens with one attached hydrogen (secondary N) is 1. The van der Waals surface area contributed by atoms with Gasteiger partial charge < -0.3 is 4.98 Å². The molecule has 0 aliphatic rings. The standard InChI is InChI=1S/C22H17ClN4OS/c1-13-2-7-18-17(10-13)15(11-24-18)8-9-27-12-25-20-19(26-29-21(20)22(27)28)14-3-5-16(23)6-4-14/h2-7,10-12,24H,8-9H2,1H3. The van der Waals surface area contributed by atoms with Gasteiger partial charge in [-0.1, -0.05) is 35.4 Å². The number of aryl methyl sites for hydroxylation is 3. The maximum absolute atomic E-state index is 13.0. The van der Waals surface area contributed by atoms with Crippen molar-refractivity contribution in [3.8, 4) is 11.3 Å². The van der Waals surface area contributed by atoms with Gasteiger partial charge in [-0.15, -0.1) is 0 Å². The largest absolute Gasteiger partial charge is 0.361 e. The monoisotopic (exact) mass is 420 g/mol. The second-order valence-electron chi connectivity index (χ2n) is 7.07. The van der Waals surface area contributed by atoms with Crippen LogP contribution in [0.2, 0.25) is 5.02 Å². The molecule has 0 saturated heterocycles. The van der Waals surface area contributed by atoms with Crippen molar-refractivity contribution in [2.75, 3.05) is 0 Å². The van der Waals surface area contributed by atoms with Crippen LogP contribution in [0.5, 0.6) is 0 Å². The molecule has 0 atom stereocenters. The lowest BCUT2D eigenvalue weighted by atomic mass is 10.1. The summed E-state index contributed by atoms with van der Waals surface area (Å²) in [5.74, 6) is 0. The van der Waals surface area contributed by atoms with E-state index in [1.54, 1.807) is 10.9 Å². The second kappa shape index (κ2) is 7.13. The molecule has 5 nitrogen and oxygen atoms in total. The summed E-state index contributed by atoms with van der Waals surface area (Å²) >= 11 is 7.17. The van der Waals surface area contributed by atoms with E-state index in [2.05, 4.69) is 39.5 Å². The minimum Gasteiger partial charge on any atom is -0.361 e. The Bertz CT molecular complexity index is 1400. The summed E-state index contributed by atoms with van der Waals surface area (Å²) in [5, 5.41) is 1.87. The molecule has 1 N–H and O–H groups in total. The fourth-order valence-corrected chi connectivity index (χ4v) is 4.48. The Labute approximate surface area is 175 Å². The molecule has 7 heteroatoms. The molecule has 0 aliphatic heterocycles. The van der Waals surface area contributed by atoms with Gasteiger partial charge in [-0.05, 0) is 54.7 Å². The fraction of sp³-hybridized carbons (Fsp3) is 0.136. The molecule has 0 fully saturated rings. The third-order valence-electron chi connectivity index (χ3n) is 5.11. The summed E-state index contributed by atoms with van der Waals surface area (Å²) in [6.07, 6.45) is 4.39. The number of nitrogens with zero attached hydrogens (tertiary/aromatic N) is 3. The molecule has 5 rings (SSSR count). The SMILES string of the molecule is Cc1ccc2[nH]cc(CCn3cnc4c(-c5ccc(Cl)cc5)nsc4c3=O)c2c1. The molecular formula is C22H17ClN4OS. The Morgan fingerprint density at radius 3 is 2.83 bits per heavy atom. The van der Waals surface area contributed by atoms with E-state index in [0.717, 1.165) is 23.2 Å². The van der Waals surface area contributed by atoms with Crippen molar-refractivity contribution >= 4 is 44.3 Å². The number of hydrogen-bond acceptors (Lipinski definition) is 4. The van der Waals surface area contributed by atoms with Crippen LogP contribution in [-0.4, -0.2) is 18.9 Å². The predicted molar refractivity (Wildman–Crippen MR) is 119 cm³/mol. The Hall–Kier alpha value is -2.96. The zero-order chi connectivity index (χ0) is 20.0. The van der Waals surface area contributed by atoms with Crippen LogP contribution < -0.4 is 5.56 Å². The van der Waals surface area contributed by atoms with Gasteiger partial charge in [-0.3, -0.25) is 9.36 Å². The summed E-state index contributed by atoms with van der Waals surface area (Å²) in [6.45, 7) is 2.65. The predicted octanol–water partition coefficient (Wildman–Crippen LogP) is 5.21. The Morgan fingerprint density at radius 1 is 1.17 bits per heavy atom. The number of hydrogen-bond donors (Lipinski definition) is 1. The zero-order valence-electron chi connectivity index (χ0n) is 15.6. The minimum absolute atomic E-state index is 0.0521. The number of benzene rings is 2. The Morgan fingerprint density at radius 2 is 2.00 bits per heavy atom. The van der Waals surface area contributed by atoms with Gasteiger partial charge >= 0.3 is 0 Å². The molecule has 0 amide bonds. The smallest absolute Gasteiger partial charge is 0.272 e. The fourth-order valence-electron chi connectivity index (χ4n) is 3.55. The average molecular weight is 421 g/mol. The summed E-state index contributed by atoms with van der Waals surface area (Å²) in [4.78, 5) is 20.8. The molecule has 0 bridgehead atoms. The molecule has 3 heterocycles. The highest BCUT2D eigenvalue weighted by molar-refractivity contribution is 7.13. The molecule has 0 spiro atoms. The van der Waals surface area contributed by atoms with Crippen molar-refractivity contribution < 1.29 is 0 Å². The van der Waals surface area contributed by atoms with Crippen molar-refractivity contribution in [3.63, 3.8) is 0 Å². The van der Waals surface area contributed by atoms with Gasteiger partial charge in [0.05, 0.1) is 6.33 Å². The molecule has 0 aliphatic carbocycles. The van der Waals surface area contributed by atoms with E-state index in [1.165, 1.54) is 28.0 Å². The summed E-state index contributed by atoms with van der Waals surface area (Å²) in [6, 6.07) is 13.8. The van der Waals surface area contributed by atoms with Crippen molar-refractivity contribution in [2.45, 2.75) is 19.9 Å². The van der Waals surface area contributed by atoms with Gasteiger partial charge in [0.25, 0.3) is 5.56 Å². The van der Waals surface area contributed by atoms with Crippen LogP contribution in [0.25, 0.3) is 32.4 Å². The number of aromatic nitrogens is 4. The first kappa shape index (κ1) is 18.1. The van der Waals surface area contributed by atoms with E-state index in [9.17, 15) is 4.79 Å². The molecular weight excluding hydrogens is 404 g/mol. The quantitative estimate of drug-likeness (QED) is 0.434. The third-order valence-corrected chi connectivity index (χ3v) is 6.19. The molecule has 29 heavy (non-hydrogen) atoms. The van der Waals surface area contributed by atoms with Crippen LogP contribution in [-0.2, 0) is 13.0 Å². The molecule has 3 aromatic heterocycles. The first-order valence-corrected chi connectivity index (χ1v) is 10.4. The van der Waals surface area contributed by atoms with E-state index in [1.807, 2.05) is 30.5 Å². The minimum atomic E-state index is -0.0521. The second-order valence-corrected chi connectivity index (χ2v) is 8.28. The normalized spacial score (nSPS) is 11.5. The van der Waals surface area contributed by atoms with Crippen LogP contribution in [0.1, 0.15) is 11.1 Å². The first-order chi connectivity index (χ1) is 14.1. The van der Waals surface area contributed by atoms with E-state index in [4.69, 9.17) is 11.6 Å². The van der Waals surface area contributed by atoms with Crippen LogP contribution in [0.4, 0.5) is 0 Å². The van der Waals surface area contributed by atoms with Crippen molar-refractivity contribution in [3.05, 3.63) is 81.5 Å². The molecule has 0 radical (unpaired) electrons. The van der Waals surface area contributed by atoms with E-state index >= 15 is 0 Å². The van der Waals surface area contributed by atoms with Crippen molar-refractivity contribution in [2.24, 2.45) is 0 Å². The van der Waals surface area contributed by atoms with Gasteiger partial charge in [0.15, 0.2) is 0 Å². The van der Waals surface area contributed by atoms with E-state index in [-0.39, 0.29) is 5.56 Å². The molecule has 5 aromatic rings. The zero-order valence-corrected chi connectivity index (χ0v) is 17.2. The Balaban J connectivity index is 1.47. The van der Waals surface area contributed by atoms with Gasteiger partial charge in [0.2, 0.25) is 0 Å². The molecule has 2 aromatic carbocycles. The maximum Gasteiger partial charge on any atom is 0.272 e. The van der Waals surface area contributed by atoms with E-state index < -0.39 is 0 Å². The topological polar surface area (TPSA) is 63.6 Å². The van der Waals surface area contributed by atoms with Crippen LogP contribution in [0, 0.1) is 6.92 Å².